The Hall–Kier alpha value is -3.94. The Morgan fingerprint density at radius 1 is 1.00 bits per heavy atom. The van der Waals surface area contributed by atoms with Crippen molar-refractivity contribution in [3.8, 4) is 23.0 Å². The van der Waals surface area contributed by atoms with Gasteiger partial charge in [-0.2, -0.15) is 0 Å². The van der Waals surface area contributed by atoms with Gasteiger partial charge in [-0.3, -0.25) is 4.79 Å². The molecule has 1 aliphatic carbocycles. The molecule has 1 aliphatic heterocycles. The number of nitrogens with one attached hydrogen (secondary N) is 1. The molecule has 0 unspecified atom stereocenters. The fraction of sp³-hybridized carbons (Fsp3) is 0.308. The molecule has 176 valence electrons. The largest absolute Gasteiger partial charge is 0.508 e. The van der Waals surface area contributed by atoms with E-state index in [4.69, 9.17) is 18.7 Å². The second-order valence-corrected chi connectivity index (χ2v) is 8.50. The first kappa shape index (κ1) is 21.9. The van der Waals surface area contributed by atoms with Gasteiger partial charge < -0.3 is 29.2 Å². The van der Waals surface area contributed by atoms with E-state index in [1.54, 1.807) is 33.5 Å². The fourth-order valence-electron chi connectivity index (χ4n) is 5.12. The predicted molar refractivity (Wildman–Crippen MR) is 125 cm³/mol. The van der Waals surface area contributed by atoms with Crippen LogP contribution in [0.5, 0.6) is 23.0 Å². The van der Waals surface area contributed by atoms with Gasteiger partial charge in [0.25, 0.3) is 0 Å². The number of aromatic hydroxyl groups is 1. The van der Waals surface area contributed by atoms with Crippen molar-refractivity contribution in [3.05, 3.63) is 70.1 Å². The van der Waals surface area contributed by atoms with E-state index in [9.17, 15) is 9.90 Å². The SMILES string of the molecule is COc1ccc([C@@H]2C3=C(C[C@@H](c4ccc(O)cc4)CC3=O)Nc3onc(C)c32)c(OC)c1OC. The highest BCUT2D eigenvalue weighted by molar-refractivity contribution is 6.02. The average Bonchev–Trinajstić information content (AvgIpc) is 3.22. The van der Waals surface area contributed by atoms with Crippen LogP contribution in [0.3, 0.4) is 0 Å². The molecule has 2 atom stereocenters. The van der Waals surface area contributed by atoms with Crippen molar-refractivity contribution in [1.29, 1.82) is 0 Å². The second-order valence-electron chi connectivity index (χ2n) is 8.50. The molecule has 0 amide bonds. The number of nitrogens with zero attached hydrogens (tertiary/aromatic N) is 1. The predicted octanol–water partition coefficient (Wildman–Crippen LogP) is 4.67. The summed E-state index contributed by atoms with van der Waals surface area (Å²) in [5, 5.41) is 17.2. The lowest BCUT2D eigenvalue weighted by atomic mass is 9.72. The van der Waals surface area contributed by atoms with E-state index in [0.29, 0.717) is 47.2 Å². The molecule has 5 rings (SSSR count). The third-order valence-corrected chi connectivity index (χ3v) is 6.67. The van der Waals surface area contributed by atoms with Crippen LogP contribution >= 0.6 is 0 Å². The second kappa shape index (κ2) is 8.44. The number of aromatic nitrogens is 1. The third-order valence-electron chi connectivity index (χ3n) is 6.67. The van der Waals surface area contributed by atoms with Gasteiger partial charge in [-0.05, 0) is 43.0 Å². The lowest BCUT2D eigenvalue weighted by molar-refractivity contribution is -0.116. The van der Waals surface area contributed by atoms with Crippen molar-refractivity contribution in [2.24, 2.45) is 0 Å². The van der Waals surface area contributed by atoms with Crippen LogP contribution < -0.4 is 19.5 Å². The van der Waals surface area contributed by atoms with E-state index in [-0.39, 0.29) is 17.5 Å². The molecule has 8 nitrogen and oxygen atoms in total. The number of methoxy groups -OCH3 is 3. The maximum atomic E-state index is 13.7. The minimum atomic E-state index is -0.430. The van der Waals surface area contributed by atoms with Crippen LogP contribution in [0.15, 0.2) is 52.2 Å². The summed E-state index contributed by atoms with van der Waals surface area (Å²) in [6, 6.07) is 10.7. The quantitative estimate of drug-likeness (QED) is 0.564. The summed E-state index contributed by atoms with van der Waals surface area (Å²) < 4.78 is 22.5. The van der Waals surface area contributed by atoms with Gasteiger partial charge in [0.15, 0.2) is 17.3 Å². The minimum Gasteiger partial charge on any atom is -0.508 e. The first-order valence-corrected chi connectivity index (χ1v) is 11.0. The van der Waals surface area contributed by atoms with Crippen molar-refractivity contribution in [1.82, 2.24) is 5.16 Å². The maximum Gasteiger partial charge on any atom is 0.233 e. The van der Waals surface area contributed by atoms with Crippen LogP contribution in [-0.4, -0.2) is 37.4 Å². The summed E-state index contributed by atoms with van der Waals surface area (Å²) in [6.07, 6.45) is 0.980. The van der Waals surface area contributed by atoms with Crippen LogP contribution in [0.1, 0.15) is 47.1 Å². The third kappa shape index (κ3) is 3.37. The molecule has 1 aromatic heterocycles. The van der Waals surface area contributed by atoms with Gasteiger partial charge in [-0.15, -0.1) is 0 Å². The van der Waals surface area contributed by atoms with Crippen LogP contribution in [0.25, 0.3) is 0 Å². The van der Waals surface area contributed by atoms with Gasteiger partial charge in [-0.1, -0.05) is 23.4 Å². The number of benzene rings is 2. The molecule has 0 fully saturated rings. The Bertz CT molecular complexity index is 1290. The molecule has 34 heavy (non-hydrogen) atoms. The van der Waals surface area contributed by atoms with Gasteiger partial charge in [0.05, 0.1) is 38.5 Å². The van der Waals surface area contributed by atoms with Gasteiger partial charge in [0.1, 0.15) is 5.75 Å². The molecular weight excluding hydrogens is 436 g/mol. The van der Waals surface area contributed by atoms with Crippen LogP contribution in [0, 0.1) is 6.92 Å². The number of hydrogen-bond acceptors (Lipinski definition) is 8. The molecular formula is C26H26N2O6. The molecule has 0 radical (unpaired) electrons. The molecule has 2 aliphatic rings. The zero-order valence-corrected chi connectivity index (χ0v) is 19.5. The van der Waals surface area contributed by atoms with E-state index in [0.717, 1.165) is 22.4 Å². The van der Waals surface area contributed by atoms with E-state index in [1.807, 2.05) is 31.2 Å². The molecule has 2 aromatic carbocycles. The standard InChI is InChI=1S/C26H26N2O6/c1-13-21-22(17-9-10-20(31-2)25(33-4)24(17)32-3)23-18(27-26(21)34-28-13)11-15(12-19(23)30)14-5-7-16(29)8-6-14/h5-10,15,22,27,29H,11-12H2,1-4H3/t15-,22+/m1/s1. The minimum absolute atomic E-state index is 0.0159. The maximum absolute atomic E-state index is 13.7. The molecule has 0 saturated carbocycles. The zero-order chi connectivity index (χ0) is 24.0. The van der Waals surface area contributed by atoms with Gasteiger partial charge in [-0.25, -0.2) is 0 Å². The van der Waals surface area contributed by atoms with Gasteiger partial charge in [0.2, 0.25) is 11.6 Å². The normalized spacial score (nSPS) is 19.2. The van der Waals surface area contributed by atoms with Crippen molar-refractivity contribution in [2.75, 3.05) is 26.6 Å². The number of phenols is 1. The summed E-state index contributed by atoms with van der Waals surface area (Å²) in [6.45, 7) is 1.86. The number of ketones is 1. The monoisotopic (exact) mass is 462 g/mol. The summed E-state index contributed by atoms with van der Waals surface area (Å²) in [5.41, 5.74) is 4.77. The van der Waals surface area contributed by atoms with Crippen molar-refractivity contribution >= 4 is 11.7 Å². The number of anilines is 1. The molecule has 8 heteroatoms. The Morgan fingerprint density at radius 2 is 1.74 bits per heavy atom. The first-order chi connectivity index (χ1) is 16.5. The van der Waals surface area contributed by atoms with E-state index in [1.165, 1.54) is 0 Å². The Kier molecular flexibility index (Phi) is 5.43. The molecule has 3 aromatic rings. The topological polar surface area (TPSA) is 103 Å². The molecule has 0 bridgehead atoms. The Labute approximate surface area is 197 Å². The molecule has 0 saturated heterocycles. The van der Waals surface area contributed by atoms with E-state index in [2.05, 4.69) is 10.5 Å². The van der Waals surface area contributed by atoms with E-state index < -0.39 is 5.92 Å². The summed E-state index contributed by atoms with van der Waals surface area (Å²) in [5.74, 6) is 1.82. The number of aryl methyl sites for hydroxylation is 1. The number of rotatable bonds is 5. The van der Waals surface area contributed by atoms with Crippen molar-refractivity contribution in [2.45, 2.75) is 31.6 Å². The van der Waals surface area contributed by atoms with Gasteiger partial charge in [0, 0.05) is 23.3 Å². The fourth-order valence-corrected chi connectivity index (χ4v) is 5.12. The summed E-state index contributed by atoms with van der Waals surface area (Å²) in [7, 11) is 4.70. The average molecular weight is 463 g/mol. The molecule has 2 N–H and O–H groups in total. The van der Waals surface area contributed by atoms with Crippen molar-refractivity contribution < 1.29 is 28.6 Å². The number of phenolic OH excluding ortho intramolecular Hbond substituents is 1. The number of Topliss-reactive ketones (excluding diaryl/α,β-unsaturated/α-hetero) is 1. The van der Waals surface area contributed by atoms with Gasteiger partial charge >= 0.3 is 0 Å². The van der Waals surface area contributed by atoms with Crippen LogP contribution in [-0.2, 0) is 4.79 Å². The highest BCUT2D eigenvalue weighted by Gasteiger charge is 2.42. The number of ether oxygens (including phenoxy) is 3. The number of allylic oxidation sites excluding steroid dienone is 2. The lowest BCUT2D eigenvalue weighted by Gasteiger charge is -2.35. The summed E-state index contributed by atoms with van der Waals surface area (Å²) >= 11 is 0. The van der Waals surface area contributed by atoms with Crippen LogP contribution in [0.2, 0.25) is 0 Å². The highest BCUT2D eigenvalue weighted by Crippen LogP contribution is 2.53. The van der Waals surface area contributed by atoms with E-state index >= 15 is 0 Å². The smallest absolute Gasteiger partial charge is 0.233 e. The Balaban J connectivity index is 1.67. The number of hydrogen-bond donors (Lipinski definition) is 2. The van der Waals surface area contributed by atoms with Crippen LogP contribution in [0.4, 0.5) is 5.88 Å². The first-order valence-electron chi connectivity index (χ1n) is 11.0. The molecule has 2 heterocycles. The highest BCUT2D eigenvalue weighted by atomic mass is 16.5. The number of carbonyl (C=O) groups excluding carboxylic acids is 1. The number of fused-ring (bicyclic) bond motifs is 1. The number of carbonyl (C=O) groups is 1. The Morgan fingerprint density at radius 3 is 2.41 bits per heavy atom. The molecule has 0 spiro atoms. The lowest BCUT2D eigenvalue weighted by Crippen LogP contribution is -2.29. The summed E-state index contributed by atoms with van der Waals surface area (Å²) in [4.78, 5) is 13.7. The van der Waals surface area contributed by atoms with Crippen molar-refractivity contribution in [3.63, 3.8) is 0 Å². The zero-order valence-electron chi connectivity index (χ0n) is 19.5.